The van der Waals surface area contributed by atoms with Gasteiger partial charge in [-0.3, -0.25) is 4.79 Å². The Kier molecular flexibility index (Phi) is 5.01. The fraction of sp³-hybridized carbons (Fsp3) is 0.105. The summed E-state index contributed by atoms with van der Waals surface area (Å²) in [5.74, 6) is 0.276. The number of aryl methyl sites for hydroxylation is 1. The van der Waals surface area contributed by atoms with Gasteiger partial charge in [-0.15, -0.1) is 22.7 Å². The van der Waals surface area contributed by atoms with Crippen molar-refractivity contribution in [3.8, 4) is 11.3 Å². The molecular formula is C19H15N3OS3. The van der Waals surface area contributed by atoms with E-state index in [0.29, 0.717) is 5.75 Å². The minimum Gasteiger partial charge on any atom is -0.325 e. The van der Waals surface area contributed by atoms with Crippen molar-refractivity contribution < 1.29 is 4.79 Å². The zero-order valence-corrected chi connectivity index (χ0v) is 16.4. The number of rotatable bonds is 5. The molecule has 0 saturated carbocycles. The van der Waals surface area contributed by atoms with E-state index in [2.05, 4.69) is 15.3 Å². The number of benzene rings is 2. The topological polar surface area (TPSA) is 54.9 Å². The summed E-state index contributed by atoms with van der Waals surface area (Å²) >= 11 is 4.67. The monoisotopic (exact) mass is 397 g/mol. The van der Waals surface area contributed by atoms with Crippen molar-refractivity contribution in [3.63, 3.8) is 0 Å². The first-order chi connectivity index (χ1) is 12.7. The number of amides is 1. The Morgan fingerprint density at radius 3 is 2.73 bits per heavy atom. The Morgan fingerprint density at radius 1 is 1.12 bits per heavy atom. The van der Waals surface area contributed by atoms with E-state index < -0.39 is 0 Å². The number of hydrogen-bond donors (Lipinski definition) is 1. The van der Waals surface area contributed by atoms with E-state index in [9.17, 15) is 4.79 Å². The molecule has 0 aliphatic carbocycles. The van der Waals surface area contributed by atoms with Crippen LogP contribution >= 0.6 is 34.4 Å². The largest absolute Gasteiger partial charge is 0.325 e. The van der Waals surface area contributed by atoms with Crippen molar-refractivity contribution in [3.05, 3.63) is 58.9 Å². The molecule has 0 fully saturated rings. The maximum absolute atomic E-state index is 12.4. The van der Waals surface area contributed by atoms with Crippen LogP contribution in [-0.2, 0) is 4.79 Å². The third kappa shape index (κ3) is 3.80. The van der Waals surface area contributed by atoms with Crippen LogP contribution in [0.5, 0.6) is 0 Å². The van der Waals surface area contributed by atoms with Crippen LogP contribution in [0, 0.1) is 6.92 Å². The quantitative estimate of drug-likeness (QED) is 0.454. The van der Waals surface area contributed by atoms with Gasteiger partial charge in [0.25, 0.3) is 0 Å². The second kappa shape index (κ2) is 7.57. The van der Waals surface area contributed by atoms with Gasteiger partial charge in [-0.25, -0.2) is 9.97 Å². The van der Waals surface area contributed by atoms with Crippen LogP contribution in [0.4, 0.5) is 5.69 Å². The minimum absolute atomic E-state index is 0.0475. The van der Waals surface area contributed by atoms with Gasteiger partial charge in [0.1, 0.15) is 0 Å². The van der Waals surface area contributed by atoms with Gasteiger partial charge in [0.15, 0.2) is 4.34 Å². The van der Waals surface area contributed by atoms with Crippen LogP contribution in [0.2, 0.25) is 0 Å². The highest BCUT2D eigenvalue weighted by Gasteiger charge is 2.12. The van der Waals surface area contributed by atoms with E-state index in [1.54, 1.807) is 22.7 Å². The summed E-state index contributed by atoms with van der Waals surface area (Å²) in [6.45, 7) is 1.98. The van der Waals surface area contributed by atoms with E-state index >= 15 is 0 Å². The Labute approximate surface area is 163 Å². The Bertz CT molecular complexity index is 1040. The SMILES string of the molecule is Cc1nc(-c2ccccc2NC(=O)CSc2nc3ccccc3s2)cs1. The molecule has 0 aliphatic rings. The number of carbonyl (C=O) groups is 1. The molecule has 130 valence electrons. The number of thiazole rings is 2. The van der Waals surface area contributed by atoms with E-state index in [1.165, 1.54) is 11.8 Å². The van der Waals surface area contributed by atoms with Gasteiger partial charge in [-0.05, 0) is 25.1 Å². The number of fused-ring (bicyclic) bond motifs is 1. The van der Waals surface area contributed by atoms with Crippen LogP contribution in [0.1, 0.15) is 5.01 Å². The highest BCUT2D eigenvalue weighted by molar-refractivity contribution is 8.01. The first-order valence-electron chi connectivity index (χ1n) is 7.99. The molecule has 0 unspecified atom stereocenters. The van der Waals surface area contributed by atoms with Gasteiger partial charge < -0.3 is 5.32 Å². The molecule has 4 rings (SSSR count). The van der Waals surface area contributed by atoms with E-state index in [0.717, 1.165) is 36.5 Å². The summed E-state index contributed by atoms with van der Waals surface area (Å²) in [4.78, 5) is 21.5. The molecule has 1 N–H and O–H groups in total. The second-order valence-electron chi connectivity index (χ2n) is 5.58. The van der Waals surface area contributed by atoms with Gasteiger partial charge in [-0.2, -0.15) is 0 Å². The summed E-state index contributed by atoms with van der Waals surface area (Å²) in [5, 5.41) is 6.02. The average Bonchev–Trinajstić information content (AvgIpc) is 3.26. The zero-order chi connectivity index (χ0) is 17.9. The first-order valence-corrected chi connectivity index (χ1v) is 10.7. The molecule has 0 radical (unpaired) electrons. The molecule has 0 atom stereocenters. The van der Waals surface area contributed by atoms with Gasteiger partial charge in [-0.1, -0.05) is 42.1 Å². The molecule has 0 saturated heterocycles. The lowest BCUT2D eigenvalue weighted by Gasteiger charge is -2.09. The first kappa shape index (κ1) is 17.2. The number of aromatic nitrogens is 2. The number of anilines is 1. The standard InChI is InChI=1S/C19H15N3OS3/c1-12-20-16(10-24-12)13-6-2-3-7-14(13)21-18(23)11-25-19-22-15-8-4-5-9-17(15)26-19/h2-10H,11H2,1H3,(H,21,23). The maximum Gasteiger partial charge on any atom is 0.234 e. The Hall–Kier alpha value is -2.22. The number of nitrogens with zero attached hydrogens (tertiary/aromatic N) is 2. The highest BCUT2D eigenvalue weighted by atomic mass is 32.2. The number of carbonyl (C=O) groups excluding carboxylic acids is 1. The van der Waals surface area contributed by atoms with Gasteiger partial charge in [0.05, 0.1) is 32.4 Å². The van der Waals surface area contributed by atoms with Crippen LogP contribution in [-0.4, -0.2) is 21.6 Å². The molecule has 7 heteroatoms. The lowest BCUT2D eigenvalue weighted by Crippen LogP contribution is -2.14. The molecule has 0 aliphatic heterocycles. The van der Waals surface area contributed by atoms with Gasteiger partial charge >= 0.3 is 0 Å². The minimum atomic E-state index is -0.0475. The van der Waals surface area contributed by atoms with Crippen molar-refractivity contribution in [2.24, 2.45) is 0 Å². The molecule has 4 aromatic rings. The highest BCUT2D eigenvalue weighted by Crippen LogP contribution is 2.31. The number of para-hydroxylation sites is 2. The molecule has 2 heterocycles. The average molecular weight is 398 g/mol. The number of hydrogen-bond acceptors (Lipinski definition) is 6. The van der Waals surface area contributed by atoms with Crippen LogP contribution in [0.25, 0.3) is 21.5 Å². The molecule has 26 heavy (non-hydrogen) atoms. The van der Waals surface area contributed by atoms with Gasteiger partial charge in [0.2, 0.25) is 5.91 Å². The van der Waals surface area contributed by atoms with Crippen LogP contribution < -0.4 is 5.32 Å². The molecule has 1 amide bonds. The molecule has 0 bridgehead atoms. The molecule has 2 aromatic carbocycles. The summed E-state index contributed by atoms with van der Waals surface area (Å²) in [6, 6.07) is 15.8. The summed E-state index contributed by atoms with van der Waals surface area (Å²) in [5.41, 5.74) is 3.59. The summed E-state index contributed by atoms with van der Waals surface area (Å²) in [7, 11) is 0. The zero-order valence-electron chi connectivity index (χ0n) is 13.9. The lowest BCUT2D eigenvalue weighted by molar-refractivity contribution is -0.113. The Balaban J connectivity index is 1.45. The summed E-state index contributed by atoms with van der Waals surface area (Å²) in [6.07, 6.45) is 0. The van der Waals surface area contributed by atoms with Crippen molar-refractivity contribution >= 4 is 56.2 Å². The fourth-order valence-corrected chi connectivity index (χ4v) is 5.01. The van der Waals surface area contributed by atoms with Crippen LogP contribution in [0.15, 0.2) is 58.3 Å². The fourth-order valence-electron chi connectivity index (χ4n) is 2.53. The van der Waals surface area contributed by atoms with Crippen molar-refractivity contribution in [2.45, 2.75) is 11.3 Å². The molecule has 4 nitrogen and oxygen atoms in total. The van der Waals surface area contributed by atoms with E-state index in [1.807, 2.05) is 60.8 Å². The number of thioether (sulfide) groups is 1. The maximum atomic E-state index is 12.4. The Morgan fingerprint density at radius 2 is 1.92 bits per heavy atom. The smallest absolute Gasteiger partial charge is 0.234 e. The lowest BCUT2D eigenvalue weighted by atomic mass is 10.1. The molecule has 2 aromatic heterocycles. The van der Waals surface area contributed by atoms with E-state index in [-0.39, 0.29) is 5.91 Å². The second-order valence-corrected chi connectivity index (χ2v) is 8.90. The van der Waals surface area contributed by atoms with Crippen molar-refractivity contribution in [1.82, 2.24) is 9.97 Å². The van der Waals surface area contributed by atoms with Gasteiger partial charge in [0, 0.05) is 10.9 Å². The van der Waals surface area contributed by atoms with Crippen molar-refractivity contribution in [2.75, 3.05) is 11.1 Å². The predicted octanol–water partition coefficient (Wildman–Crippen LogP) is 5.46. The normalized spacial score (nSPS) is 11.0. The van der Waals surface area contributed by atoms with Crippen molar-refractivity contribution in [1.29, 1.82) is 0 Å². The third-order valence-electron chi connectivity index (χ3n) is 3.70. The molecular weight excluding hydrogens is 382 g/mol. The predicted molar refractivity (Wildman–Crippen MR) is 111 cm³/mol. The third-order valence-corrected chi connectivity index (χ3v) is 6.65. The van der Waals surface area contributed by atoms with Crippen LogP contribution in [0.3, 0.4) is 0 Å². The summed E-state index contributed by atoms with van der Waals surface area (Å²) < 4.78 is 2.05. The number of nitrogens with one attached hydrogen (secondary N) is 1. The van der Waals surface area contributed by atoms with E-state index in [4.69, 9.17) is 0 Å². The molecule has 0 spiro atoms.